The number of carbonyl (C=O) groups is 1. The molecule has 4 fully saturated rings. The van der Waals surface area contributed by atoms with Crippen LogP contribution in [0.2, 0.25) is 0 Å². The number of amides is 1. The second kappa shape index (κ2) is 8.10. The molecule has 4 rings (SSSR count). The van der Waals surface area contributed by atoms with Gasteiger partial charge in [0.15, 0.2) is 6.29 Å². The fourth-order valence-corrected chi connectivity index (χ4v) is 5.07. The Morgan fingerprint density at radius 3 is 2.58 bits per heavy atom. The molecule has 1 aliphatic carbocycles. The molecule has 1 saturated carbocycles. The average molecular weight is 367 g/mol. The number of hydrogen-bond donors (Lipinski definition) is 2. The zero-order chi connectivity index (χ0) is 18.1. The fraction of sp³-hybridized carbons (Fsp3) is 0.947. The van der Waals surface area contributed by atoms with Crippen LogP contribution in [0.5, 0.6) is 0 Å². The van der Waals surface area contributed by atoms with Gasteiger partial charge in [-0.2, -0.15) is 0 Å². The molecule has 7 nitrogen and oxygen atoms in total. The van der Waals surface area contributed by atoms with Crippen LogP contribution in [0.1, 0.15) is 39.0 Å². The van der Waals surface area contributed by atoms with E-state index in [1.54, 1.807) is 6.92 Å². The molecule has 5 unspecified atom stereocenters. The fourth-order valence-electron chi connectivity index (χ4n) is 5.07. The summed E-state index contributed by atoms with van der Waals surface area (Å²) in [6, 6.07) is -0.238. The number of rotatable bonds is 4. The van der Waals surface area contributed by atoms with Gasteiger partial charge in [-0.3, -0.25) is 9.69 Å². The molecule has 0 aromatic rings. The first kappa shape index (κ1) is 18.6. The lowest BCUT2D eigenvalue weighted by Gasteiger charge is -2.46. The first-order valence-corrected chi connectivity index (χ1v) is 10.3. The van der Waals surface area contributed by atoms with Crippen molar-refractivity contribution >= 4 is 5.91 Å². The SMILES string of the molecule is CC(=O)N1CCN(C2C3OCC(O3)C(NCC3CCCCC3)C2O)CC1. The molecular formula is C19H33N3O4. The number of ether oxygens (including phenoxy) is 2. The summed E-state index contributed by atoms with van der Waals surface area (Å²) in [5, 5.41) is 14.7. The zero-order valence-electron chi connectivity index (χ0n) is 15.8. The molecule has 26 heavy (non-hydrogen) atoms. The van der Waals surface area contributed by atoms with Crippen LogP contribution in [0, 0.1) is 5.92 Å². The summed E-state index contributed by atoms with van der Waals surface area (Å²) in [7, 11) is 0. The van der Waals surface area contributed by atoms with Gasteiger partial charge in [0, 0.05) is 33.1 Å². The number of aliphatic hydroxyl groups is 1. The number of piperazine rings is 1. The van der Waals surface area contributed by atoms with Crippen LogP contribution >= 0.6 is 0 Å². The van der Waals surface area contributed by atoms with Crippen LogP contribution in [0.3, 0.4) is 0 Å². The van der Waals surface area contributed by atoms with Gasteiger partial charge in [0.2, 0.25) is 5.91 Å². The van der Waals surface area contributed by atoms with E-state index in [0.29, 0.717) is 25.6 Å². The molecule has 4 aliphatic rings. The van der Waals surface area contributed by atoms with Crippen LogP contribution < -0.4 is 5.32 Å². The van der Waals surface area contributed by atoms with Crippen molar-refractivity contribution in [2.24, 2.45) is 5.92 Å². The number of fused-ring (bicyclic) bond motifs is 2. The lowest BCUT2D eigenvalue weighted by Crippen LogP contribution is -2.67. The summed E-state index contributed by atoms with van der Waals surface area (Å²) in [6.45, 7) is 6.04. The van der Waals surface area contributed by atoms with Crippen molar-refractivity contribution in [1.29, 1.82) is 0 Å². The molecule has 1 amide bonds. The highest BCUT2D eigenvalue weighted by molar-refractivity contribution is 5.73. The van der Waals surface area contributed by atoms with Gasteiger partial charge in [-0.25, -0.2) is 0 Å². The van der Waals surface area contributed by atoms with Gasteiger partial charge in [0.25, 0.3) is 0 Å². The minimum atomic E-state index is -0.506. The van der Waals surface area contributed by atoms with Gasteiger partial charge in [-0.05, 0) is 25.3 Å². The quantitative estimate of drug-likeness (QED) is 0.738. The summed E-state index contributed by atoms with van der Waals surface area (Å²) in [4.78, 5) is 15.7. The number of hydrogen-bond acceptors (Lipinski definition) is 6. The molecule has 0 aromatic heterocycles. The van der Waals surface area contributed by atoms with Crippen molar-refractivity contribution in [3.8, 4) is 0 Å². The third kappa shape index (κ3) is 3.78. The van der Waals surface area contributed by atoms with Crippen molar-refractivity contribution in [2.45, 2.75) is 69.6 Å². The molecule has 7 heteroatoms. The van der Waals surface area contributed by atoms with E-state index >= 15 is 0 Å². The van der Waals surface area contributed by atoms with Crippen LogP contribution in [-0.4, -0.2) is 90.7 Å². The van der Waals surface area contributed by atoms with Crippen LogP contribution in [0.25, 0.3) is 0 Å². The van der Waals surface area contributed by atoms with E-state index in [2.05, 4.69) is 10.2 Å². The number of nitrogens with one attached hydrogen (secondary N) is 1. The topological polar surface area (TPSA) is 74.3 Å². The Bertz CT molecular complexity index is 491. The predicted molar refractivity (Wildman–Crippen MR) is 96.6 cm³/mol. The van der Waals surface area contributed by atoms with Gasteiger partial charge in [0.05, 0.1) is 24.8 Å². The number of nitrogens with zero attached hydrogens (tertiary/aromatic N) is 2. The Kier molecular flexibility index (Phi) is 5.81. The van der Waals surface area contributed by atoms with E-state index in [9.17, 15) is 9.90 Å². The summed E-state index contributed by atoms with van der Waals surface area (Å²) < 4.78 is 12.0. The Hall–Kier alpha value is -0.730. The van der Waals surface area contributed by atoms with Gasteiger partial charge in [-0.1, -0.05) is 19.3 Å². The largest absolute Gasteiger partial charge is 0.390 e. The first-order valence-electron chi connectivity index (χ1n) is 10.3. The minimum absolute atomic E-state index is 0.0617. The molecule has 2 N–H and O–H groups in total. The van der Waals surface area contributed by atoms with Gasteiger partial charge >= 0.3 is 0 Å². The lowest BCUT2D eigenvalue weighted by atomic mass is 9.88. The Balaban J connectivity index is 1.37. The van der Waals surface area contributed by atoms with Gasteiger partial charge in [-0.15, -0.1) is 0 Å². The molecular weight excluding hydrogens is 334 g/mol. The van der Waals surface area contributed by atoms with Gasteiger partial charge < -0.3 is 24.8 Å². The molecule has 2 bridgehead atoms. The molecule has 3 heterocycles. The highest BCUT2D eigenvalue weighted by atomic mass is 16.7. The van der Waals surface area contributed by atoms with Crippen molar-refractivity contribution < 1.29 is 19.4 Å². The normalized spacial score (nSPS) is 39.3. The van der Waals surface area contributed by atoms with E-state index < -0.39 is 6.10 Å². The van der Waals surface area contributed by atoms with Crippen LogP contribution in [-0.2, 0) is 14.3 Å². The standard InChI is InChI=1S/C19H33N3O4/c1-13(23)21-7-9-22(10-8-21)17-18(24)16(15-12-25-19(17)26-15)20-11-14-5-3-2-4-6-14/h14-20,24H,2-12H2,1H3. The Labute approximate surface area is 156 Å². The Morgan fingerprint density at radius 1 is 1.15 bits per heavy atom. The minimum Gasteiger partial charge on any atom is -0.390 e. The maximum absolute atomic E-state index is 11.6. The second-order valence-corrected chi connectivity index (χ2v) is 8.34. The summed E-state index contributed by atoms with van der Waals surface area (Å²) >= 11 is 0. The molecule has 5 atom stereocenters. The predicted octanol–water partition coefficient (Wildman–Crippen LogP) is 0.174. The molecule has 0 spiro atoms. The third-order valence-corrected chi connectivity index (χ3v) is 6.68. The Morgan fingerprint density at radius 2 is 1.88 bits per heavy atom. The van der Waals surface area contributed by atoms with Crippen molar-refractivity contribution in [1.82, 2.24) is 15.1 Å². The molecule has 0 aromatic carbocycles. The molecule has 3 aliphatic heterocycles. The number of carbonyl (C=O) groups excluding carboxylic acids is 1. The van der Waals surface area contributed by atoms with Crippen molar-refractivity contribution in [2.75, 3.05) is 39.3 Å². The van der Waals surface area contributed by atoms with E-state index in [4.69, 9.17) is 9.47 Å². The van der Waals surface area contributed by atoms with Crippen molar-refractivity contribution in [3.63, 3.8) is 0 Å². The van der Waals surface area contributed by atoms with Crippen LogP contribution in [0.4, 0.5) is 0 Å². The summed E-state index contributed by atoms with van der Waals surface area (Å²) in [5.74, 6) is 0.836. The smallest absolute Gasteiger partial charge is 0.219 e. The molecule has 3 saturated heterocycles. The van der Waals surface area contributed by atoms with E-state index in [-0.39, 0.29) is 30.4 Å². The van der Waals surface area contributed by atoms with E-state index in [0.717, 1.165) is 19.6 Å². The highest BCUT2D eigenvalue weighted by Gasteiger charge is 2.52. The average Bonchev–Trinajstić information content (AvgIpc) is 3.08. The summed E-state index contributed by atoms with van der Waals surface area (Å²) in [5.41, 5.74) is 0. The summed E-state index contributed by atoms with van der Waals surface area (Å²) in [6.07, 6.45) is 5.67. The molecule has 148 valence electrons. The van der Waals surface area contributed by atoms with Crippen molar-refractivity contribution in [3.05, 3.63) is 0 Å². The maximum atomic E-state index is 11.6. The van der Waals surface area contributed by atoms with Gasteiger partial charge in [0.1, 0.15) is 6.10 Å². The second-order valence-electron chi connectivity index (χ2n) is 8.34. The lowest BCUT2D eigenvalue weighted by molar-refractivity contribution is -0.187. The number of aliphatic hydroxyl groups excluding tert-OH is 1. The zero-order valence-corrected chi connectivity index (χ0v) is 15.8. The molecule has 0 radical (unpaired) electrons. The maximum Gasteiger partial charge on any atom is 0.219 e. The van der Waals surface area contributed by atoms with E-state index in [1.165, 1.54) is 32.1 Å². The monoisotopic (exact) mass is 367 g/mol. The highest BCUT2D eigenvalue weighted by Crippen LogP contribution is 2.32. The third-order valence-electron chi connectivity index (χ3n) is 6.68. The first-order chi connectivity index (χ1) is 12.6. The van der Waals surface area contributed by atoms with Crippen LogP contribution in [0.15, 0.2) is 0 Å². The van der Waals surface area contributed by atoms with E-state index in [1.807, 2.05) is 4.90 Å².